The highest BCUT2D eigenvalue weighted by Gasteiger charge is 2.10. The van der Waals surface area contributed by atoms with E-state index in [2.05, 4.69) is 4.98 Å². The fourth-order valence-electron chi connectivity index (χ4n) is 1.80. The summed E-state index contributed by atoms with van der Waals surface area (Å²) in [6.45, 7) is 3.83. The van der Waals surface area contributed by atoms with Gasteiger partial charge in [-0.2, -0.15) is 0 Å². The van der Waals surface area contributed by atoms with Gasteiger partial charge in [-0.1, -0.05) is 0 Å². The van der Waals surface area contributed by atoms with Crippen molar-refractivity contribution in [3.8, 4) is 11.6 Å². The Labute approximate surface area is 106 Å². The van der Waals surface area contributed by atoms with E-state index in [1.54, 1.807) is 25.4 Å². The Hall–Kier alpha value is -2.10. The minimum atomic E-state index is 0.00353. The van der Waals surface area contributed by atoms with Crippen LogP contribution in [0.3, 0.4) is 0 Å². The van der Waals surface area contributed by atoms with E-state index in [4.69, 9.17) is 9.47 Å². The number of ether oxygens (including phenoxy) is 2. The topological polar surface area (TPSA) is 48.4 Å². The quantitative estimate of drug-likeness (QED) is 0.777. The molecule has 94 valence electrons. The molecule has 0 aliphatic carbocycles. The summed E-state index contributed by atoms with van der Waals surface area (Å²) in [5.74, 6) is 1.08. The van der Waals surface area contributed by atoms with E-state index in [0.717, 1.165) is 17.1 Å². The number of rotatable bonds is 4. The van der Waals surface area contributed by atoms with E-state index in [1.807, 2.05) is 19.9 Å². The monoisotopic (exact) mass is 245 g/mol. The number of benzene rings is 1. The van der Waals surface area contributed by atoms with Crippen LogP contribution in [0.4, 0.5) is 0 Å². The molecule has 0 atom stereocenters. The summed E-state index contributed by atoms with van der Waals surface area (Å²) < 4.78 is 10.8. The van der Waals surface area contributed by atoms with Crippen molar-refractivity contribution in [2.24, 2.45) is 0 Å². The third-order valence-corrected chi connectivity index (χ3v) is 2.54. The molecule has 1 aromatic heterocycles. The lowest BCUT2D eigenvalue weighted by atomic mass is 10.1. The van der Waals surface area contributed by atoms with Crippen LogP contribution in [0.25, 0.3) is 10.8 Å². The maximum absolute atomic E-state index is 11.1. The number of nitrogens with zero attached hydrogens (tertiary/aromatic N) is 1. The van der Waals surface area contributed by atoms with Gasteiger partial charge in [0.05, 0.1) is 18.8 Å². The van der Waals surface area contributed by atoms with Crippen molar-refractivity contribution in [1.29, 1.82) is 0 Å². The number of hydrogen-bond acceptors (Lipinski definition) is 4. The van der Waals surface area contributed by atoms with E-state index in [1.165, 1.54) is 0 Å². The molecule has 4 heteroatoms. The lowest BCUT2D eigenvalue weighted by Crippen LogP contribution is -2.07. The van der Waals surface area contributed by atoms with Gasteiger partial charge in [-0.25, -0.2) is 4.98 Å². The fraction of sp³-hybridized carbons (Fsp3) is 0.286. The third-order valence-electron chi connectivity index (χ3n) is 2.54. The van der Waals surface area contributed by atoms with Crippen LogP contribution >= 0.6 is 0 Å². The molecule has 4 nitrogen and oxygen atoms in total. The van der Waals surface area contributed by atoms with Crippen LogP contribution < -0.4 is 9.47 Å². The van der Waals surface area contributed by atoms with Crippen LogP contribution in [0.15, 0.2) is 24.4 Å². The van der Waals surface area contributed by atoms with Crippen molar-refractivity contribution in [3.05, 3.63) is 30.0 Å². The predicted octanol–water partition coefficient (Wildman–Crippen LogP) is 2.84. The van der Waals surface area contributed by atoms with Crippen molar-refractivity contribution >= 4 is 17.1 Å². The highest BCUT2D eigenvalue weighted by atomic mass is 16.5. The summed E-state index contributed by atoms with van der Waals surface area (Å²) in [4.78, 5) is 15.2. The highest BCUT2D eigenvalue weighted by Crippen LogP contribution is 2.30. The number of hydrogen-bond donors (Lipinski definition) is 0. The van der Waals surface area contributed by atoms with Gasteiger partial charge in [0, 0.05) is 11.6 Å². The third kappa shape index (κ3) is 2.27. The van der Waals surface area contributed by atoms with E-state index >= 15 is 0 Å². The first kappa shape index (κ1) is 12.4. The molecule has 2 rings (SSSR count). The normalized spacial score (nSPS) is 10.7. The number of methoxy groups -OCH3 is 1. The second-order valence-corrected chi connectivity index (χ2v) is 4.22. The SMILES string of the molecule is COc1nccc2cc(C=O)c(OC(C)C)cc12. The largest absolute Gasteiger partial charge is 0.490 e. The number of fused-ring (bicyclic) bond motifs is 1. The number of pyridine rings is 1. The maximum atomic E-state index is 11.1. The second-order valence-electron chi connectivity index (χ2n) is 4.22. The maximum Gasteiger partial charge on any atom is 0.221 e. The van der Waals surface area contributed by atoms with Gasteiger partial charge in [0.2, 0.25) is 5.88 Å². The average molecular weight is 245 g/mol. The molecule has 0 saturated heterocycles. The molecule has 0 amide bonds. The summed E-state index contributed by atoms with van der Waals surface area (Å²) in [6, 6.07) is 5.42. The Kier molecular flexibility index (Phi) is 3.46. The zero-order valence-corrected chi connectivity index (χ0v) is 10.6. The molecule has 0 aliphatic rings. The van der Waals surface area contributed by atoms with Gasteiger partial charge >= 0.3 is 0 Å². The Morgan fingerprint density at radius 1 is 1.33 bits per heavy atom. The fourth-order valence-corrected chi connectivity index (χ4v) is 1.80. The molecule has 0 radical (unpaired) electrons. The lowest BCUT2D eigenvalue weighted by molar-refractivity contribution is 0.111. The van der Waals surface area contributed by atoms with Gasteiger partial charge in [0.1, 0.15) is 5.75 Å². The van der Waals surface area contributed by atoms with E-state index in [9.17, 15) is 4.79 Å². The Balaban J connectivity index is 2.65. The van der Waals surface area contributed by atoms with Gasteiger partial charge in [-0.15, -0.1) is 0 Å². The summed E-state index contributed by atoms with van der Waals surface area (Å²) in [5.41, 5.74) is 0.532. The van der Waals surface area contributed by atoms with Gasteiger partial charge in [0.25, 0.3) is 0 Å². The molecule has 18 heavy (non-hydrogen) atoms. The predicted molar refractivity (Wildman–Crippen MR) is 69.4 cm³/mol. The van der Waals surface area contributed by atoms with Crippen LogP contribution in [0.1, 0.15) is 24.2 Å². The number of aldehydes is 1. The molecule has 2 aromatic rings. The Morgan fingerprint density at radius 3 is 2.72 bits per heavy atom. The van der Waals surface area contributed by atoms with E-state index < -0.39 is 0 Å². The minimum absolute atomic E-state index is 0.00353. The zero-order valence-electron chi connectivity index (χ0n) is 10.6. The molecule has 0 fully saturated rings. The summed E-state index contributed by atoms with van der Waals surface area (Å²) in [5, 5.41) is 1.74. The summed E-state index contributed by atoms with van der Waals surface area (Å²) >= 11 is 0. The van der Waals surface area contributed by atoms with Crippen LogP contribution in [0.2, 0.25) is 0 Å². The first-order valence-corrected chi connectivity index (χ1v) is 5.74. The Bertz CT molecular complexity index is 579. The molecule has 0 unspecified atom stereocenters. The first-order chi connectivity index (χ1) is 8.65. The summed E-state index contributed by atoms with van der Waals surface area (Å²) in [6.07, 6.45) is 2.45. The smallest absolute Gasteiger partial charge is 0.221 e. The minimum Gasteiger partial charge on any atom is -0.490 e. The standard InChI is InChI=1S/C14H15NO3/c1-9(2)18-13-7-12-10(6-11(13)8-16)4-5-15-14(12)17-3/h4-9H,1-3H3. The van der Waals surface area contributed by atoms with Crippen LogP contribution in [0, 0.1) is 0 Å². The van der Waals surface area contributed by atoms with Gasteiger partial charge in [-0.05, 0) is 37.4 Å². The Morgan fingerprint density at radius 2 is 2.11 bits per heavy atom. The van der Waals surface area contributed by atoms with Crippen molar-refractivity contribution in [2.75, 3.05) is 7.11 Å². The second kappa shape index (κ2) is 5.04. The molecular weight excluding hydrogens is 230 g/mol. The molecule has 0 saturated carbocycles. The molecule has 0 N–H and O–H groups in total. The highest BCUT2D eigenvalue weighted by molar-refractivity contribution is 5.94. The van der Waals surface area contributed by atoms with Gasteiger partial charge in [-0.3, -0.25) is 4.79 Å². The molecule has 0 spiro atoms. The molecule has 1 heterocycles. The van der Waals surface area contributed by atoms with Crippen molar-refractivity contribution in [1.82, 2.24) is 4.98 Å². The molecule has 1 aromatic carbocycles. The van der Waals surface area contributed by atoms with Gasteiger partial charge < -0.3 is 9.47 Å². The van der Waals surface area contributed by atoms with Gasteiger partial charge in [0.15, 0.2) is 6.29 Å². The molecular formula is C14H15NO3. The first-order valence-electron chi connectivity index (χ1n) is 5.74. The van der Waals surface area contributed by atoms with Crippen molar-refractivity contribution < 1.29 is 14.3 Å². The van der Waals surface area contributed by atoms with Crippen LogP contribution in [0.5, 0.6) is 11.6 Å². The zero-order chi connectivity index (χ0) is 13.1. The van der Waals surface area contributed by atoms with Crippen molar-refractivity contribution in [3.63, 3.8) is 0 Å². The van der Waals surface area contributed by atoms with E-state index in [0.29, 0.717) is 17.2 Å². The lowest BCUT2D eigenvalue weighted by Gasteiger charge is -2.13. The number of carbonyl (C=O) groups excluding carboxylic acids is 1. The average Bonchev–Trinajstić information content (AvgIpc) is 2.36. The van der Waals surface area contributed by atoms with E-state index in [-0.39, 0.29) is 6.10 Å². The van der Waals surface area contributed by atoms with Crippen molar-refractivity contribution in [2.45, 2.75) is 20.0 Å². The summed E-state index contributed by atoms with van der Waals surface area (Å²) in [7, 11) is 1.57. The van der Waals surface area contributed by atoms with Crippen LogP contribution in [-0.4, -0.2) is 24.5 Å². The number of aromatic nitrogens is 1. The molecule has 0 bridgehead atoms. The molecule has 0 aliphatic heterocycles. The number of carbonyl (C=O) groups is 1. The van der Waals surface area contributed by atoms with Crippen LogP contribution in [-0.2, 0) is 0 Å².